The number of hydrogen-bond donors (Lipinski definition) is 0. The molecule has 1 aromatic heterocycles. The maximum atomic E-state index is 13.8. The fourth-order valence-electron chi connectivity index (χ4n) is 3.26. The smallest absolute Gasteiger partial charge is 0.277 e. The topological polar surface area (TPSA) is 93.4 Å². The van der Waals surface area contributed by atoms with Gasteiger partial charge in [0.25, 0.3) is 11.1 Å². The zero-order valence-electron chi connectivity index (χ0n) is 14.4. The number of nitrogens with zero attached hydrogens (tertiary/aromatic N) is 3. The molecule has 144 valence electrons. The Kier molecular flexibility index (Phi) is 4.94. The van der Waals surface area contributed by atoms with Crippen molar-refractivity contribution in [1.82, 2.24) is 15.1 Å². The standard InChI is InChI=1S/C17H18FN3O4S2/c18-14-4-2-1-3-13(14)16-19-20-17(25-16)26-9-15(22)21(11-5-6-11)12-7-8-27(23,24)10-12/h1-4,11-12H,5-10H2/t12-/m0/s1. The van der Waals surface area contributed by atoms with Gasteiger partial charge in [-0.2, -0.15) is 0 Å². The Morgan fingerprint density at radius 3 is 2.67 bits per heavy atom. The number of halogens is 1. The molecular weight excluding hydrogens is 393 g/mol. The van der Waals surface area contributed by atoms with Gasteiger partial charge in [-0.1, -0.05) is 23.9 Å². The molecule has 0 radical (unpaired) electrons. The summed E-state index contributed by atoms with van der Waals surface area (Å²) in [6, 6.07) is 5.97. The van der Waals surface area contributed by atoms with E-state index in [0.29, 0.717) is 6.42 Å². The summed E-state index contributed by atoms with van der Waals surface area (Å²) >= 11 is 1.08. The molecule has 27 heavy (non-hydrogen) atoms. The monoisotopic (exact) mass is 411 g/mol. The average Bonchev–Trinajstić information content (AvgIpc) is 3.23. The van der Waals surface area contributed by atoms with E-state index in [0.717, 1.165) is 24.6 Å². The zero-order chi connectivity index (χ0) is 19.0. The first-order chi connectivity index (χ1) is 12.9. The largest absolute Gasteiger partial charge is 0.411 e. The maximum absolute atomic E-state index is 13.8. The van der Waals surface area contributed by atoms with E-state index in [1.807, 2.05) is 0 Å². The van der Waals surface area contributed by atoms with E-state index in [2.05, 4.69) is 10.2 Å². The van der Waals surface area contributed by atoms with Crippen molar-refractivity contribution in [2.45, 2.75) is 36.6 Å². The molecule has 1 aliphatic heterocycles. The van der Waals surface area contributed by atoms with Crippen LogP contribution in [0.15, 0.2) is 33.9 Å². The summed E-state index contributed by atoms with van der Waals surface area (Å²) in [5.74, 6) is -0.281. The first kappa shape index (κ1) is 18.4. The molecule has 1 amide bonds. The van der Waals surface area contributed by atoms with E-state index in [1.54, 1.807) is 17.0 Å². The van der Waals surface area contributed by atoms with Gasteiger partial charge >= 0.3 is 0 Å². The lowest BCUT2D eigenvalue weighted by Gasteiger charge is -2.28. The maximum Gasteiger partial charge on any atom is 0.277 e. The number of thioether (sulfide) groups is 1. The molecule has 10 heteroatoms. The summed E-state index contributed by atoms with van der Waals surface area (Å²) in [4.78, 5) is 14.4. The molecule has 2 aromatic rings. The van der Waals surface area contributed by atoms with Gasteiger partial charge in [-0.3, -0.25) is 4.79 Å². The second-order valence-electron chi connectivity index (χ2n) is 6.73. The molecule has 1 saturated heterocycles. The Bertz CT molecular complexity index is 959. The Hall–Kier alpha value is -1.94. The molecule has 1 atom stereocenters. The van der Waals surface area contributed by atoms with Gasteiger partial charge in [-0.25, -0.2) is 12.8 Å². The van der Waals surface area contributed by atoms with Gasteiger partial charge < -0.3 is 9.32 Å². The number of rotatable bonds is 6. The molecule has 2 fully saturated rings. The van der Waals surface area contributed by atoms with E-state index in [4.69, 9.17) is 4.42 Å². The second-order valence-corrected chi connectivity index (χ2v) is 9.89. The molecule has 0 N–H and O–H groups in total. The van der Waals surface area contributed by atoms with Gasteiger partial charge in [0.15, 0.2) is 9.84 Å². The van der Waals surface area contributed by atoms with Crippen LogP contribution in [0, 0.1) is 5.82 Å². The van der Waals surface area contributed by atoms with Crippen LogP contribution < -0.4 is 0 Å². The molecule has 0 bridgehead atoms. The number of hydrogen-bond acceptors (Lipinski definition) is 7. The third-order valence-corrected chi connectivity index (χ3v) is 7.21. The van der Waals surface area contributed by atoms with Crippen LogP contribution in [0.2, 0.25) is 0 Å². The Morgan fingerprint density at radius 1 is 1.22 bits per heavy atom. The molecule has 2 aliphatic rings. The molecule has 1 saturated carbocycles. The Morgan fingerprint density at radius 2 is 2.00 bits per heavy atom. The molecule has 1 aromatic carbocycles. The van der Waals surface area contributed by atoms with Gasteiger partial charge in [0.05, 0.1) is 22.8 Å². The number of carbonyl (C=O) groups excluding carboxylic acids is 1. The molecule has 4 rings (SSSR count). The normalized spacial score (nSPS) is 21.3. The lowest BCUT2D eigenvalue weighted by Crippen LogP contribution is -2.43. The highest BCUT2D eigenvalue weighted by molar-refractivity contribution is 7.99. The summed E-state index contributed by atoms with van der Waals surface area (Å²) < 4.78 is 42.7. The Labute approximate surface area is 160 Å². The summed E-state index contributed by atoms with van der Waals surface area (Å²) in [6.45, 7) is 0. The minimum absolute atomic E-state index is 0.0396. The van der Waals surface area contributed by atoms with Crippen molar-refractivity contribution in [2.24, 2.45) is 0 Å². The van der Waals surface area contributed by atoms with Crippen molar-refractivity contribution in [3.63, 3.8) is 0 Å². The van der Waals surface area contributed by atoms with Gasteiger partial charge in [0, 0.05) is 12.1 Å². The molecule has 0 spiro atoms. The fraction of sp³-hybridized carbons (Fsp3) is 0.471. The van der Waals surface area contributed by atoms with Crippen molar-refractivity contribution in [3.8, 4) is 11.5 Å². The van der Waals surface area contributed by atoms with Gasteiger partial charge in [0.2, 0.25) is 5.91 Å². The summed E-state index contributed by atoms with van der Waals surface area (Å²) in [5, 5.41) is 7.87. The van der Waals surface area contributed by atoms with E-state index >= 15 is 0 Å². The first-order valence-electron chi connectivity index (χ1n) is 8.66. The van der Waals surface area contributed by atoms with Crippen LogP contribution in [-0.4, -0.2) is 58.8 Å². The Balaban J connectivity index is 1.41. The summed E-state index contributed by atoms with van der Waals surface area (Å²) in [7, 11) is -3.06. The highest BCUT2D eigenvalue weighted by atomic mass is 32.2. The summed E-state index contributed by atoms with van der Waals surface area (Å²) in [6.07, 6.45) is 2.31. The quantitative estimate of drug-likeness (QED) is 0.672. The highest BCUT2D eigenvalue weighted by Gasteiger charge is 2.42. The second kappa shape index (κ2) is 7.23. The highest BCUT2D eigenvalue weighted by Crippen LogP contribution is 2.33. The van der Waals surface area contributed by atoms with Crippen LogP contribution in [0.3, 0.4) is 0 Å². The van der Waals surface area contributed by atoms with Crippen LogP contribution >= 0.6 is 11.8 Å². The van der Waals surface area contributed by atoms with Crippen LogP contribution in [0.5, 0.6) is 0 Å². The molecule has 1 aliphatic carbocycles. The van der Waals surface area contributed by atoms with Gasteiger partial charge in [0.1, 0.15) is 5.82 Å². The number of sulfone groups is 1. The van der Waals surface area contributed by atoms with Gasteiger partial charge in [-0.05, 0) is 31.4 Å². The van der Waals surface area contributed by atoms with E-state index < -0.39 is 15.7 Å². The SMILES string of the molecule is O=C(CSc1nnc(-c2ccccc2F)o1)N(C1CC1)[C@H]1CCS(=O)(=O)C1. The van der Waals surface area contributed by atoms with E-state index in [9.17, 15) is 17.6 Å². The molecule has 2 heterocycles. The number of carbonyl (C=O) groups is 1. The lowest BCUT2D eigenvalue weighted by molar-refractivity contribution is -0.130. The fourth-order valence-corrected chi connectivity index (χ4v) is 5.61. The van der Waals surface area contributed by atoms with Crippen LogP contribution in [-0.2, 0) is 14.6 Å². The van der Waals surface area contributed by atoms with Crippen LogP contribution in [0.1, 0.15) is 19.3 Å². The average molecular weight is 411 g/mol. The van der Waals surface area contributed by atoms with E-state index in [1.165, 1.54) is 12.1 Å². The van der Waals surface area contributed by atoms with Crippen molar-refractivity contribution in [1.29, 1.82) is 0 Å². The lowest BCUT2D eigenvalue weighted by atomic mass is 10.2. The van der Waals surface area contributed by atoms with Crippen molar-refractivity contribution in [2.75, 3.05) is 17.3 Å². The van der Waals surface area contributed by atoms with Crippen LogP contribution in [0.4, 0.5) is 4.39 Å². The number of amides is 1. The first-order valence-corrected chi connectivity index (χ1v) is 11.5. The molecular formula is C17H18FN3O4S2. The predicted octanol–water partition coefficient (Wildman–Crippen LogP) is 2.15. The molecule has 7 nitrogen and oxygen atoms in total. The van der Waals surface area contributed by atoms with Crippen molar-refractivity contribution < 1.29 is 22.0 Å². The molecule has 0 unspecified atom stereocenters. The van der Waals surface area contributed by atoms with Crippen molar-refractivity contribution in [3.05, 3.63) is 30.1 Å². The van der Waals surface area contributed by atoms with Crippen molar-refractivity contribution >= 4 is 27.5 Å². The third-order valence-electron chi connectivity index (χ3n) is 4.66. The summed E-state index contributed by atoms with van der Waals surface area (Å²) in [5.41, 5.74) is 0.207. The number of aromatic nitrogens is 2. The minimum Gasteiger partial charge on any atom is -0.411 e. The number of benzene rings is 1. The van der Waals surface area contributed by atoms with Crippen LogP contribution in [0.25, 0.3) is 11.5 Å². The predicted molar refractivity (Wildman–Crippen MR) is 97.3 cm³/mol. The third kappa shape index (κ3) is 4.16. The minimum atomic E-state index is -3.06. The zero-order valence-corrected chi connectivity index (χ0v) is 16.0. The van der Waals surface area contributed by atoms with Gasteiger partial charge in [-0.15, -0.1) is 10.2 Å². The van der Waals surface area contributed by atoms with E-state index in [-0.39, 0.29) is 51.9 Å².